The Balaban J connectivity index is 2.04. The number of hydrogen-bond acceptors (Lipinski definition) is 2. The molecule has 4 heteroatoms. The van der Waals surface area contributed by atoms with E-state index in [0.717, 1.165) is 28.9 Å². The summed E-state index contributed by atoms with van der Waals surface area (Å²) in [4.78, 5) is 24.0. The van der Waals surface area contributed by atoms with Gasteiger partial charge in [0, 0.05) is 24.2 Å². The second-order valence-corrected chi connectivity index (χ2v) is 8.77. The maximum absolute atomic E-state index is 12.0. The summed E-state index contributed by atoms with van der Waals surface area (Å²) in [5.74, 6) is 0.801. The number of rotatable bonds is 8. The van der Waals surface area contributed by atoms with Crippen LogP contribution in [-0.4, -0.2) is 11.8 Å². The predicted molar refractivity (Wildman–Crippen MR) is 121 cm³/mol. The molecule has 0 saturated heterocycles. The maximum Gasteiger partial charge on any atom is 0.224 e. The molecule has 2 rings (SSSR count). The minimum atomic E-state index is 0.0570. The second kappa shape index (κ2) is 10.2. The average molecular weight is 395 g/mol. The second-order valence-electron chi connectivity index (χ2n) is 8.77. The minimum Gasteiger partial charge on any atom is -0.326 e. The molecule has 0 aliphatic carbocycles. The molecular formula is C25H34N2O2. The zero-order valence-electron chi connectivity index (χ0n) is 18.6. The van der Waals surface area contributed by atoms with Crippen LogP contribution in [-0.2, 0) is 16.0 Å². The molecule has 0 fully saturated rings. The minimum absolute atomic E-state index is 0.0570. The van der Waals surface area contributed by atoms with Gasteiger partial charge in [0.25, 0.3) is 0 Å². The van der Waals surface area contributed by atoms with Gasteiger partial charge in [-0.05, 0) is 66.5 Å². The molecule has 0 atom stereocenters. The average Bonchev–Trinajstić information content (AvgIpc) is 2.58. The van der Waals surface area contributed by atoms with E-state index in [2.05, 4.69) is 34.9 Å². The Morgan fingerprint density at radius 3 is 1.41 bits per heavy atom. The fourth-order valence-electron chi connectivity index (χ4n) is 3.33. The summed E-state index contributed by atoms with van der Waals surface area (Å²) in [6.07, 6.45) is 1.86. The van der Waals surface area contributed by atoms with Crippen LogP contribution in [0.15, 0.2) is 36.4 Å². The van der Waals surface area contributed by atoms with Gasteiger partial charge in [-0.3, -0.25) is 9.59 Å². The van der Waals surface area contributed by atoms with E-state index in [0.29, 0.717) is 24.7 Å². The molecule has 156 valence electrons. The Kier molecular flexibility index (Phi) is 8.00. The maximum atomic E-state index is 12.0. The summed E-state index contributed by atoms with van der Waals surface area (Å²) < 4.78 is 0. The van der Waals surface area contributed by atoms with Crippen molar-refractivity contribution in [1.29, 1.82) is 0 Å². The quantitative estimate of drug-likeness (QED) is 0.589. The van der Waals surface area contributed by atoms with E-state index in [1.807, 2.05) is 53.7 Å². The Bertz CT molecular complexity index is 798. The van der Waals surface area contributed by atoms with Crippen LogP contribution in [0.2, 0.25) is 0 Å². The lowest BCUT2D eigenvalue weighted by atomic mass is 10.00. The lowest BCUT2D eigenvalue weighted by molar-refractivity contribution is -0.117. The molecule has 2 aromatic rings. The number of benzene rings is 2. The van der Waals surface area contributed by atoms with E-state index < -0.39 is 0 Å². The predicted octanol–water partition coefficient (Wildman–Crippen LogP) is 5.86. The van der Waals surface area contributed by atoms with Crippen LogP contribution >= 0.6 is 0 Å². The number of anilines is 2. The van der Waals surface area contributed by atoms with Gasteiger partial charge in [0.1, 0.15) is 0 Å². The number of amides is 2. The van der Waals surface area contributed by atoms with Crippen LogP contribution in [0.25, 0.3) is 0 Å². The molecule has 2 N–H and O–H groups in total. The summed E-state index contributed by atoms with van der Waals surface area (Å²) in [6.45, 7) is 12.2. The van der Waals surface area contributed by atoms with E-state index in [9.17, 15) is 9.59 Å². The van der Waals surface area contributed by atoms with Crippen LogP contribution in [0.3, 0.4) is 0 Å². The van der Waals surface area contributed by atoms with Gasteiger partial charge in [0.15, 0.2) is 0 Å². The van der Waals surface area contributed by atoms with Crippen molar-refractivity contribution >= 4 is 23.2 Å². The lowest BCUT2D eigenvalue weighted by Gasteiger charge is -2.13. The van der Waals surface area contributed by atoms with Gasteiger partial charge in [-0.2, -0.15) is 0 Å². The van der Waals surface area contributed by atoms with Crippen LogP contribution < -0.4 is 10.6 Å². The molecule has 4 nitrogen and oxygen atoms in total. The van der Waals surface area contributed by atoms with Crippen molar-refractivity contribution in [3.8, 4) is 0 Å². The molecule has 0 spiro atoms. The van der Waals surface area contributed by atoms with Crippen LogP contribution in [0.4, 0.5) is 11.4 Å². The van der Waals surface area contributed by atoms with Crippen molar-refractivity contribution in [2.45, 2.75) is 60.8 Å². The normalized spacial score (nSPS) is 11.0. The van der Waals surface area contributed by atoms with Crippen molar-refractivity contribution in [2.24, 2.45) is 11.8 Å². The molecule has 0 aromatic heterocycles. The molecule has 0 unspecified atom stereocenters. The topological polar surface area (TPSA) is 58.2 Å². The molecule has 2 amide bonds. The van der Waals surface area contributed by atoms with Crippen molar-refractivity contribution < 1.29 is 9.59 Å². The fraction of sp³-hybridized carbons (Fsp3) is 0.440. The van der Waals surface area contributed by atoms with E-state index in [1.165, 1.54) is 11.1 Å². The first-order valence-electron chi connectivity index (χ1n) is 10.4. The van der Waals surface area contributed by atoms with Crippen molar-refractivity contribution in [3.63, 3.8) is 0 Å². The number of aryl methyl sites for hydroxylation is 2. The van der Waals surface area contributed by atoms with E-state index >= 15 is 0 Å². The van der Waals surface area contributed by atoms with Gasteiger partial charge in [0.2, 0.25) is 11.8 Å². The molecule has 0 aliphatic heterocycles. The summed E-state index contributed by atoms with van der Waals surface area (Å²) in [7, 11) is 0. The number of carbonyl (C=O) groups excluding carboxylic acids is 2. The monoisotopic (exact) mass is 394 g/mol. The molecule has 29 heavy (non-hydrogen) atoms. The largest absolute Gasteiger partial charge is 0.326 e. The first-order valence-corrected chi connectivity index (χ1v) is 10.4. The molecule has 0 aliphatic rings. The van der Waals surface area contributed by atoms with Crippen molar-refractivity contribution in [3.05, 3.63) is 58.7 Å². The van der Waals surface area contributed by atoms with Gasteiger partial charge >= 0.3 is 0 Å². The van der Waals surface area contributed by atoms with Gasteiger partial charge in [-0.25, -0.2) is 0 Å². The van der Waals surface area contributed by atoms with Crippen molar-refractivity contribution in [2.75, 3.05) is 10.6 Å². The standard InChI is InChI=1S/C25H34N2O2/c1-16(2)11-24(28)26-22-9-7-20(13-18(22)5)15-21-8-10-23(19(6)14-21)27-25(29)12-17(3)4/h7-10,13-14,16-17H,11-12,15H2,1-6H3,(H,26,28)(H,27,29). The Morgan fingerprint density at radius 2 is 1.10 bits per heavy atom. The van der Waals surface area contributed by atoms with Crippen LogP contribution in [0.5, 0.6) is 0 Å². The first-order chi connectivity index (χ1) is 13.6. The smallest absolute Gasteiger partial charge is 0.224 e. The third kappa shape index (κ3) is 7.37. The fourth-order valence-corrected chi connectivity index (χ4v) is 3.33. The molecule has 0 radical (unpaired) electrons. The van der Waals surface area contributed by atoms with Crippen LogP contribution in [0.1, 0.15) is 62.8 Å². The molecule has 0 heterocycles. The summed E-state index contributed by atoms with van der Waals surface area (Å²) in [5, 5.41) is 6.00. The molecular weight excluding hydrogens is 360 g/mol. The molecule has 0 saturated carbocycles. The zero-order chi connectivity index (χ0) is 21.6. The highest BCUT2D eigenvalue weighted by Crippen LogP contribution is 2.22. The highest BCUT2D eigenvalue weighted by Gasteiger charge is 2.10. The highest BCUT2D eigenvalue weighted by atomic mass is 16.2. The number of nitrogens with one attached hydrogen (secondary N) is 2. The Hall–Kier alpha value is -2.62. The van der Waals surface area contributed by atoms with Gasteiger partial charge in [0.05, 0.1) is 0 Å². The van der Waals surface area contributed by atoms with E-state index in [-0.39, 0.29) is 11.8 Å². The summed E-state index contributed by atoms with van der Waals surface area (Å²) in [6, 6.07) is 12.3. The lowest BCUT2D eigenvalue weighted by Crippen LogP contribution is -2.14. The number of hydrogen-bond donors (Lipinski definition) is 2. The third-order valence-electron chi connectivity index (χ3n) is 4.73. The van der Waals surface area contributed by atoms with E-state index in [4.69, 9.17) is 0 Å². The van der Waals surface area contributed by atoms with E-state index in [1.54, 1.807) is 0 Å². The van der Waals surface area contributed by atoms with Crippen molar-refractivity contribution in [1.82, 2.24) is 0 Å². The third-order valence-corrected chi connectivity index (χ3v) is 4.73. The first kappa shape index (κ1) is 22.7. The Labute approximate surface area is 175 Å². The molecule has 2 aromatic carbocycles. The molecule has 0 bridgehead atoms. The van der Waals surface area contributed by atoms with Gasteiger partial charge < -0.3 is 10.6 Å². The summed E-state index contributed by atoms with van der Waals surface area (Å²) in [5.41, 5.74) is 6.26. The SMILES string of the molecule is Cc1cc(Cc2ccc(NC(=O)CC(C)C)c(C)c2)ccc1NC(=O)CC(C)C. The summed E-state index contributed by atoms with van der Waals surface area (Å²) >= 11 is 0. The highest BCUT2D eigenvalue weighted by molar-refractivity contribution is 5.92. The van der Waals surface area contributed by atoms with Gasteiger partial charge in [-0.1, -0.05) is 52.0 Å². The number of carbonyl (C=O) groups is 2. The Morgan fingerprint density at radius 1 is 0.724 bits per heavy atom. The van der Waals surface area contributed by atoms with Gasteiger partial charge in [-0.15, -0.1) is 0 Å². The van der Waals surface area contributed by atoms with Crippen LogP contribution in [0, 0.1) is 25.7 Å². The zero-order valence-corrected chi connectivity index (χ0v) is 18.6.